The Kier molecular flexibility index (Phi) is 6.91. The van der Waals surface area contributed by atoms with Crippen LogP contribution in [0, 0.1) is 0 Å². The van der Waals surface area contributed by atoms with Gasteiger partial charge in [-0.3, -0.25) is 0 Å². The summed E-state index contributed by atoms with van der Waals surface area (Å²) >= 11 is 4.94. The highest BCUT2D eigenvalue weighted by Gasteiger charge is 2.09. The van der Waals surface area contributed by atoms with Gasteiger partial charge < -0.3 is 10.6 Å². The third-order valence-electron chi connectivity index (χ3n) is 3.32. The molecule has 3 heteroatoms. The number of hydrogen-bond acceptors (Lipinski definition) is 2. The Bertz CT molecular complexity index is 351. The minimum absolute atomic E-state index is 0.444. The van der Waals surface area contributed by atoms with E-state index in [0.29, 0.717) is 11.0 Å². The molecule has 0 saturated carbocycles. The molecule has 0 aliphatic heterocycles. The van der Waals surface area contributed by atoms with Crippen molar-refractivity contribution in [2.24, 2.45) is 5.73 Å². The number of nitrogens with zero attached hydrogens (tertiary/aromatic N) is 1. The lowest BCUT2D eigenvalue weighted by atomic mass is 10.1. The molecule has 18 heavy (non-hydrogen) atoms. The molecule has 2 nitrogen and oxygen atoms in total. The van der Waals surface area contributed by atoms with E-state index < -0.39 is 0 Å². The van der Waals surface area contributed by atoms with E-state index in [1.807, 2.05) is 0 Å². The van der Waals surface area contributed by atoms with Crippen LogP contribution in [0.5, 0.6) is 0 Å². The molecule has 0 fully saturated rings. The van der Waals surface area contributed by atoms with Gasteiger partial charge in [-0.1, -0.05) is 42.5 Å². The van der Waals surface area contributed by atoms with E-state index in [0.717, 1.165) is 13.0 Å². The predicted molar refractivity (Wildman–Crippen MR) is 82.9 cm³/mol. The van der Waals surface area contributed by atoms with Gasteiger partial charge in [0.15, 0.2) is 0 Å². The molecule has 0 aliphatic carbocycles. The van der Waals surface area contributed by atoms with Crippen LogP contribution in [0.4, 0.5) is 0 Å². The van der Waals surface area contributed by atoms with E-state index in [9.17, 15) is 0 Å². The smallest absolute Gasteiger partial charge is 0.0742 e. The first-order chi connectivity index (χ1) is 8.59. The van der Waals surface area contributed by atoms with Crippen LogP contribution in [0.1, 0.15) is 31.7 Å². The number of unbranched alkanes of at least 4 members (excludes halogenated alkanes) is 1. The quantitative estimate of drug-likeness (QED) is 0.578. The van der Waals surface area contributed by atoms with E-state index in [1.165, 1.54) is 24.8 Å². The van der Waals surface area contributed by atoms with Crippen LogP contribution in [0.2, 0.25) is 0 Å². The van der Waals surface area contributed by atoms with Crippen molar-refractivity contribution >= 4 is 17.2 Å². The van der Waals surface area contributed by atoms with Crippen molar-refractivity contribution in [1.82, 2.24) is 4.90 Å². The first-order valence-electron chi connectivity index (χ1n) is 6.62. The number of benzene rings is 1. The van der Waals surface area contributed by atoms with Gasteiger partial charge in [0.2, 0.25) is 0 Å². The third kappa shape index (κ3) is 6.12. The van der Waals surface area contributed by atoms with Gasteiger partial charge in [0, 0.05) is 12.5 Å². The van der Waals surface area contributed by atoms with Crippen LogP contribution in [0.25, 0.3) is 0 Å². The normalized spacial score (nSPS) is 12.6. The molecular weight excluding hydrogens is 240 g/mol. The van der Waals surface area contributed by atoms with Gasteiger partial charge in [-0.15, -0.1) is 0 Å². The van der Waals surface area contributed by atoms with Gasteiger partial charge in [-0.25, -0.2) is 0 Å². The maximum absolute atomic E-state index is 5.57. The maximum Gasteiger partial charge on any atom is 0.0742 e. The summed E-state index contributed by atoms with van der Waals surface area (Å²) in [4.78, 5) is 2.95. The zero-order chi connectivity index (χ0) is 13.4. The number of nitrogens with two attached hydrogens (primary N) is 1. The second kappa shape index (κ2) is 8.22. The second-order valence-corrected chi connectivity index (χ2v) is 5.47. The van der Waals surface area contributed by atoms with Crippen molar-refractivity contribution in [3.63, 3.8) is 0 Å². The molecule has 0 aliphatic rings. The van der Waals surface area contributed by atoms with Crippen LogP contribution in [0.3, 0.4) is 0 Å². The fraction of sp³-hybridized carbons (Fsp3) is 0.533. The highest BCUT2D eigenvalue weighted by molar-refractivity contribution is 7.80. The molecule has 1 atom stereocenters. The average Bonchev–Trinajstić information content (AvgIpc) is 2.34. The molecule has 2 N–H and O–H groups in total. The Morgan fingerprint density at radius 1 is 1.28 bits per heavy atom. The highest BCUT2D eigenvalue weighted by atomic mass is 32.1. The molecule has 0 aromatic heterocycles. The van der Waals surface area contributed by atoms with Crippen molar-refractivity contribution < 1.29 is 0 Å². The number of hydrogen-bond donors (Lipinski definition) is 1. The van der Waals surface area contributed by atoms with Gasteiger partial charge in [0.25, 0.3) is 0 Å². The fourth-order valence-corrected chi connectivity index (χ4v) is 2.24. The topological polar surface area (TPSA) is 29.3 Å². The zero-order valence-electron chi connectivity index (χ0n) is 11.4. The average molecular weight is 264 g/mol. The maximum atomic E-state index is 5.57. The summed E-state index contributed by atoms with van der Waals surface area (Å²) in [6, 6.07) is 11.1. The monoisotopic (exact) mass is 264 g/mol. The molecule has 0 amide bonds. The summed E-state index contributed by atoms with van der Waals surface area (Å²) in [5.41, 5.74) is 6.99. The van der Waals surface area contributed by atoms with E-state index in [1.54, 1.807) is 0 Å². The Labute approximate surface area is 116 Å². The van der Waals surface area contributed by atoms with Crippen molar-refractivity contribution in [2.45, 2.75) is 38.6 Å². The lowest BCUT2D eigenvalue weighted by molar-refractivity contribution is 0.258. The largest absolute Gasteiger partial charge is 0.393 e. The summed E-state index contributed by atoms with van der Waals surface area (Å²) in [6.07, 6.45) is 4.42. The van der Waals surface area contributed by atoms with E-state index >= 15 is 0 Å². The Balaban J connectivity index is 2.16. The van der Waals surface area contributed by atoms with E-state index in [4.69, 9.17) is 18.0 Å². The molecule has 1 rings (SSSR count). The molecule has 0 spiro atoms. The van der Waals surface area contributed by atoms with E-state index in [2.05, 4.69) is 49.2 Å². The summed E-state index contributed by atoms with van der Waals surface area (Å²) in [6.45, 7) is 3.28. The third-order valence-corrected chi connectivity index (χ3v) is 3.48. The van der Waals surface area contributed by atoms with E-state index in [-0.39, 0.29) is 0 Å². The standard InChI is InChI=1S/C15H24N2S/c1-13(12-15(16)18)17(2)11-7-6-10-14-8-4-3-5-9-14/h3-5,8-9,13H,6-7,10-12H2,1-2H3,(H2,16,18). The molecular formula is C15H24N2S. The summed E-state index contributed by atoms with van der Waals surface area (Å²) in [7, 11) is 2.14. The van der Waals surface area contributed by atoms with Crippen molar-refractivity contribution in [1.29, 1.82) is 0 Å². The summed E-state index contributed by atoms with van der Waals surface area (Å²) in [5.74, 6) is 0. The lowest BCUT2D eigenvalue weighted by Crippen LogP contribution is -2.33. The summed E-state index contributed by atoms with van der Waals surface area (Å²) in [5, 5.41) is 0. The lowest BCUT2D eigenvalue weighted by Gasteiger charge is -2.24. The van der Waals surface area contributed by atoms with Gasteiger partial charge in [0.1, 0.15) is 0 Å². The van der Waals surface area contributed by atoms with Gasteiger partial charge in [-0.05, 0) is 45.3 Å². The molecule has 0 heterocycles. The van der Waals surface area contributed by atoms with Crippen LogP contribution in [0.15, 0.2) is 30.3 Å². The minimum Gasteiger partial charge on any atom is -0.393 e. The van der Waals surface area contributed by atoms with Crippen LogP contribution >= 0.6 is 12.2 Å². The Hall–Kier alpha value is -0.930. The minimum atomic E-state index is 0.444. The highest BCUT2D eigenvalue weighted by Crippen LogP contribution is 2.07. The molecule has 100 valence electrons. The van der Waals surface area contributed by atoms with Gasteiger partial charge in [0.05, 0.1) is 4.99 Å². The van der Waals surface area contributed by atoms with Crippen LogP contribution in [-0.2, 0) is 6.42 Å². The molecule has 1 aromatic carbocycles. The summed E-state index contributed by atoms with van der Waals surface area (Å²) < 4.78 is 0. The van der Waals surface area contributed by atoms with Crippen molar-refractivity contribution in [3.8, 4) is 0 Å². The second-order valence-electron chi connectivity index (χ2n) is 4.94. The molecule has 0 radical (unpaired) electrons. The Morgan fingerprint density at radius 3 is 2.56 bits per heavy atom. The predicted octanol–water partition coefficient (Wildman–Crippen LogP) is 3.01. The number of thiocarbonyl (C=S) groups is 1. The SMILES string of the molecule is CC(CC(N)=S)N(C)CCCCc1ccccc1. The number of aryl methyl sites for hydroxylation is 1. The van der Waals surface area contributed by atoms with Crippen LogP contribution < -0.4 is 5.73 Å². The molecule has 1 unspecified atom stereocenters. The first-order valence-corrected chi connectivity index (χ1v) is 7.03. The number of rotatable bonds is 8. The first kappa shape index (κ1) is 15.1. The van der Waals surface area contributed by atoms with Gasteiger partial charge >= 0.3 is 0 Å². The van der Waals surface area contributed by atoms with Gasteiger partial charge in [-0.2, -0.15) is 0 Å². The van der Waals surface area contributed by atoms with Crippen LogP contribution in [-0.4, -0.2) is 29.5 Å². The van der Waals surface area contributed by atoms with Crippen molar-refractivity contribution in [2.75, 3.05) is 13.6 Å². The molecule has 0 bridgehead atoms. The molecule has 0 saturated heterocycles. The zero-order valence-corrected chi connectivity index (χ0v) is 12.2. The fourth-order valence-electron chi connectivity index (χ4n) is 2.00. The molecule has 1 aromatic rings. The Morgan fingerprint density at radius 2 is 1.94 bits per heavy atom. The van der Waals surface area contributed by atoms with Crippen molar-refractivity contribution in [3.05, 3.63) is 35.9 Å².